The van der Waals surface area contributed by atoms with Gasteiger partial charge in [-0.2, -0.15) is 13.2 Å². The molecule has 0 aromatic carbocycles. The molecule has 17 heteroatoms. The number of hydrogen-bond acceptors (Lipinski definition) is 9. The number of carbonyl (C=O) groups excluding carboxylic acids is 6. The minimum absolute atomic E-state index is 0.00540. The maximum atomic E-state index is 14.2. The lowest BCUT2D eigenvalue weighted by atomic mass is 9.83. The van der Waals surface area contributed by atoms with Gasteiger partial charge in [0, 0.05) is 13.6 Å². The SMILES string of the molecule is CCCCCC[C@@H](OC(=O)CNC(=O)[C@@H](C)[C@H](C)O)[C@@H](CC(F)(F)F)C(=O)N(C)[C@@H](CC(C)C)C(=O)N[C@H](C(=O)N=C(CN)C(N)=O)C1CCCCC1. The number of esters is 1. The van der Waals surface area contributed by atoms with E-state index in [-0.39, 0.29) is 30.4 Å². The van der Waals surface area contributed by atoms with Crippen LogP contribution in [0.1, 0.15) is 112 Å². The molecule has 0 saturated heterocycles. The lowest BCUT2D eigenvalue weighted by molar-refractivity contribution is -0.177. The molecule has 1 saturated carbocycles. The Morgan fingerprint density at radius 3 is 2.11 bits per heavy atom. The van der Waals surface area contributed by atoms with Gasteiger partial charge in [0.25, 0.3) is 11.8 Å². The average molecular weight is 763 g/mol. The minimum Gasteiger partial charge on any atom is -0.460 e. The highest BCUT2D eigenvalue weighted by molar-refractivity contribution is 6.40. The van der Waals surface area contributed by atoms with Crippen LogP contribution >= 0.6 is 0 Å². The molecule has 1 fully saturated rings. The van der Waals surface area contributed by atoms with Gasteiger partial charge in [-0.15, -0.1) is 0 Å². The minimum atomic E-state index is -4.87. The Bertz CT molecular complexity index is 1260. The molecule has 1 aliphatic carbocycles. The molecule has 1 aliphatic rings. The van der Waals surface area contributed by atoms with Crippen molar-refractivity contribution in [1.82, 2.24) is 15.5 Å². The lowest BCUT2D eigenvalue weighted by Crippen LogP contribution is -2.56. The molecular weight excluding hydrogens is 701 g/mol. The summed E-state index contributed by atoms with van der Waals surface area (Å²) in [5.74, 6) is -8.94. The van der Waals surface area contributed by atoms with Gasteiger partial charge >= 0.3 is 12.1 Å². The normalized spacial score (nSPS) is 17.5. The van der Waals surface area contributed by atoms with Crippen LogP contribution in [0.2, 0.25) is 0 Å². The maximum absolute atomic E-state index is 14.2. The van der Waals surface area contributed by atoms with Crippen molar-refractivity contribution in [3.63, 3.8) is 0 Å². The van der Waals surface area contributed by atoms with Gasteiger partial charge in [0.05, 0.1) is 24.4 Å². The molecule has 0 heterocycles. The number of halogens is 3. The smallest absolute Gasteiger partial charge is 0.390 e. The summed E-state index contributed by atoms with van der Waals surface area (Å²) in [5.41, 5.74) is 10.5. The summed E-state index contributed by atoms with van der Waals surface area (Å²) in [6.45, 7) is 7.14. The molecule has 6 atom stereocenters. The fourth-order valence-corrected chi connectivity index (χ4v) is 6.30. The average Bonchev–Trinajstić information content (AvgIpc) is 3.09. The molecule has 304 valence electrons. The predicted molar refractivity (Wildman–Crippen MR) is 192 cm³/mol. The van der Waals surface area contributed by atoms with E-state index in [2.05, 4.69) is 15.6 Å². The van der Waals surface area contributed by atoms with Crippen LogP contribution in [0.4, 0.5) is 13.2 Å². The summed E-state index contributed by atoms with van der Waals surface area (Å²) in [7, 11) is 1.20. The molecule has 5 amide bonds. The Morgan fingerprint density at radius 1 is 0.981 bits per heavy atom. The van der Waals surface area contributed by atoms with Crippen LogP contribution in [0.15, 0.2) is 4.99 Å². The van der Waals surface area contributed by atoms with E-state index in [0.29, 0.717) is 25.7 Å². The van der Waals surface area contributed by atoms with Crippen molar-refractivity contribution in [1.29, 1.82) is 0 Å². The Kier molecular flexibility index (Phi) is 20.8. The molecule has 1 rings (SSSR count). The highest BCUT2D eigenvalue weighted by Gasteiger charge is 2.45. The Labute approximate surface area is 310 Å². The highest BCUT2D eigenvalue weighted by Crippen LogP contribution is 2.33. The molecule has 7 N–H and O–H groups in total. The van der Waals surface area contributed by atoms with E-state index >= 15 is 0 Å². The van der Waals surface area contributed by atoms with Crippen LogP contribution in [-0.4, -0.2) is 102 Å². The lowest BCUT2D eigenvalue weighted by Gasteiger charge is -2.36. The zero-order valence-corrected chi connectivity index (χ0v) is 32.0. The van der Waals surface area contributed by atoms with Crippen molar-refractivity contribution >= 4 is 41.2 Å². The summed E-state index contributed by atoms with van der Waals surface area (Å²) in [4.78, 5) is 83.3. The largest absolute Gasteiger partial charge is 0.460 e. The third-order valence-corrected chi connectivity index (χ3v) is 9.61. The zero-order valence-electron chi connectivity index (χ0n) is 32.0. The van der Waals surface area contributed by atoms with Gasteiger partial charge in [-0.1, -0.05) is 66.2 Å². The van der Waals surface area contributed by atoms with Crippen molar-refractivity contribution in [2.75, 3.05) is 20.1 Å². The Balaban J connectivity index is 3.53. The number of likely N-dealkylation sites (N-methyl/N-ethyl adjacent to an activating group) is 1. The van der Waals surface area contributed by atoms with E-state index in [0.717, 1.165) is 37.0 Å². The van der Waals surface area contributed by atoms with Gasteiger partial charge in [0.15, 0.2) is 0 Å². The molecule has 0 bridgehead atoms. The number of unbranched alkanes of at least 4 members (excludes halogenated alkanes) is 3. The maximum Gasteiger partial charge on any atom is 0.390 e. The number of rotatable bonds is 22. The molecule has 14 nitrogen and oxygen atoms in total. The summed E-state index contributed by atoms with van der Waals surface area (Å²) < 4.78 is 47.9. The third-order valence-electron chi connectivity index (χ3n) is 9.61. The first-order valence-electron chi connectivity index (χ1n) is 18.6. The van der Waals surface area contributed by atoms with Crippen molar-refractivity contribution < 1.29 is 51.8 Å². The number of hydrogen-bond donors (Lipinski definition) is 5. The van der Waals surface area contributed by atoms with Crippen LogP contribution in [0.5, 0.6) is 0 Å². The molecule has 0 radical (unpaired) electrons. The highest BCUT2D eigenvalue weighted by atomic mass is 19.4. The van der Waals surface area contributed by atoms with Crippen molar-refractivity contribution in [3.8, 4) is 0 Å². The number of carbonyl (C=O) groups is 6. The molecule has 0 aliphatic heterocycles. The number of nitrogens with two attached hydrogens (primary N) is 2. The van der Waals surface area contributed by atoms with Gasteiger partial charge in [0.2, 0.25) is 17.7 Å². The fraction of sp³-hybridized carbons (Fsp3) is 0.806. The van der Waals surface area contributed by atoms with Crippen molar-refractivity contribution in [2.45, 2.75) is 142 Å². The number of ether oxygens (including phenoxy) is 1. The number of aliphatic hydroxyl groups excluding tert-OH is 1. The first kappa shape index (κ1) is 47.4. The van der Waals surface area contributed by atoms with Gasteiger partial charge < -0.3 is 36.8 Å². The van der Waals surface area contributed by atoms with E-state index < -0.39 is 97.3 Å². The van der Waals surface area contributed by atoms with Gasteiger partial charge in [0.1, 0.15) is 30.4 Å². The first-order chi connectivity index (χ1) is 24.7. The number of aliphatic imine (C=N–C) groups is 1. The first-order valence-corrected chi connectivity index (χ1v) is 18.6. The number of nitrogens with zero attached hydrogens (tertiary/aromatic N) is 2. The van der Waals surface area contributed by atoms with Crippen molar-refractivity contribution in [3.05, 3.63) is 0 Å². The summed E-state index contributed by atoms with van der Waals surface area (Å²) in [6.07, 6.45) is -3.16. The summed E-state index contributed by atoms with van der Waals surface area (Å²) in [6, 6.07) is -2.56. The van der Waals surface area contributed by atoms with Gasteiger partial charge in [-0.25, -0.2) is 4.99 Å². The Morgan fingerprint density at radius 2 is 1.60 bits per heavy atom. The number of nitrogens with one attached hydrogen (secondary N) is 2. The van der Waals surface area contributed by atoms with Gasteiger partial charge in [-0.05, 0) is 50.9 Å². The monoisotopic (exact) mass is 762 g/mol. The topological polar surface area (TPSA) is 224 Å². The number of alkyl halides is 3. The standard InChI is InChI=1S/C36H61F3N6O8/c1-7-8-9-13-16-28(53-29(47)20-42-32(49)22(4)23(5)46)25(18-36(37,38)39)35(52)45(6)27(17-21(2)3)33(50)44-30(24-14-11-10-12-15-24)34(51)43-26(19-40)31(41)48/h21-25,27-28,30,46H,7-20,40H2,1-6H3,(H2,41,48)(H,42,49)(H,44,50)/t22-,23-,25+,27-,28+,30-/m0/s1. The number of primary amides is 1. The molecule has 0 spiro atoms. The molecule has 0 aromatic rings. The second kappa shape index (κ2) is 23.2. The van der Waals surface area contributed by atoms with E-state index in [4.69, 9.17) is 16.2 Å². The third kappa shape index (κ3) is 17.0. The Hall–Kier alpha value is -3.60. The predicted octanol–water partition coefficient (Wildman–Crippen LogP) is 2.92. The number of amides is 5. The quantitative estimate of drug-likeness (QED) is 0.0621. The van der Waals surface area contributed by atoms with E-state index in [1.54, 1.807) is 13.8 Å². The van der Waals surface area contributed by atoms with Crippen molar-refractivity contribution in [2.24, 2.45) is 40.1 Å². The van der Waals surface area contributed by atoms with Crippen LogP contribution in [-0.2, 0) is 33.5 Å². The number of aliphatic hydroxyl groups is 1. The molecule has 0 unspecified atom stereocenters. The van der Waals surface area contributed by atoms with E-state index in [1.807, 2.05) is 6.92 Å². The molecule has 53 heavy (non-hydrogen) atoms. The zero-order chi connectivity index (χ0) is 40.5. The van der Waals surface area contributed by atoms with Gasteiger partial charge in [-0.3, -0.25) is 28.8 Å². The summed E-state index contributed by atoms with van der Waals surface area (Å²) in [5, 5.41) is 14.7. The van der Waals surface area contributed by atoms with Crippen LogP contribution in [0.3, 0.4) is 0 Å². The van der Waals surface area contributed by atoms with E-state index in [9.17, 15) is 47.0 Å². The second-order valence-electron chi connectivity index (χ2n) is 14.5. The van der Waals surface area contributed by atoms with E-state index in [1.165, 1.54) is 20.9 Å². The van der Waals surface area contributed by atoms with Crippen LogP contribution in [0.25, 0.3) is 0 Å². The fourth-order valence-electron chi connectivity index (χ4n) is 6.30. The van der Waals surface area contributed by atoms with Crippen LogP contribution in [0, 0.1) is 23.7 Å². The molecular formula is C36H61F3N6O8. The molecule has 0 aromatic heterocycles. The summed E-state index contributed by atoms with van der Waals surface area (Å²) >= 11 is 0. The second-order valence-corrected chi connectivity index (χ2v) is 14.5. The van der Waals surface area contributed by atoms with Crippen LogP contribution < -0.4 is 22.1 Å².